The number of rotatable bonds is 4. The van der Waals surface area contributed by atoms with Crippen molar-refractivity contribution >= 4 is 22.3 Å². The van der Waals surface area contributed by atoms with E-state index in [0.717, 1.165) is 17.4 Å². The second kappa shape index (κ2) is 5.57. The summed E-state index contributed by atoms with van der Waals surface area (Å²) in [5.74, 6) is 0. The van der Waals surface area contributed by atoms with Crippen molar-refractivity contribution in [2.45, 2.75) is 44.9 Å². The van der Waals surface area contributed by atoms with Crippen molar-refractivity contribution in [3.63, 3.8) is 0 Å². The van der Waals surface area contributed by atoms with Crippen molar-refractivity contribution in [3.05, 3.63) is 36.1 Å². The van der Waals surface area contributed by atoms with Gasteiger partial charge in [0.15, 0.2) is 0 Å². The van der Waals surface area contributed by atoms with Gasteiger partial charge in [-0.2, -0.15) is 0 Å². The summed E-state index contributed by atoms with van der Waals surface area (Å²) in [4.78, 5) is 0. The van der Waals surface area contributed by atoms with E-state index in [1.165, 1.54) is 5.56 Å². The minimum Gasteiger partial charge on any atom is -0.598 e. The second-order valence-electron chi connectivity index (χ2n) is 5.90. The average molecular weight is 279 g/mol. The predicted octanol–water partition coefficient (Wildman–Crippen LogP) is 3.42. The standard InChI is InChI=1S/C15H21NO2S/c1-11(16-19(17)15(2,3)4)9-12-5-6-13-7-8-18-14(13)10-12/h5-8,10-11,16H,9H2,1-4H3/t11-,19-/m0/s1. The van der Waals surface area contributed by atoms with Gasteiger partial charge < -0.3 is 8.97 Å². The zero-order chi connectivity index (χ0) is 14.0. The van der Waals surface area contributed by atoms with Crippen LogP contribution in [0.3, 0.4) is 0 Å². The Balaban J connectivity index is 2.00. The molecule has 2 atom stereocenters. The van der Waals surface area contributed by atoms with Crippen LogP contribution in [0.1, 0.15) is 33.3 Å². The highest BCUT2D eigenvalue weighted by Gasteiger charge is 2.27. The van der Waals surface area contributed by atoms with Crippen LogP contribution >= 0.6 is 0 Å². The molecule has 0 saturated carbocycles. The highest BCUT2D eigenvalue weighted by molar-refractivity contribution is 7.90. The van der Waals surface area contributed by atoms with E-state index < -0.39 is 11.4 Å². The molecule has 0 radical (unpaired) electrons. The van der Waals surface area contributed by atoms with E-state index in [4.69, 9.17) is 4.42 Å². The highest BCUT2D eigenvalue weighted by Crippen LogP contribution is 2.19. The molecule has 4 heteroatoms. The Morgan fingerprint density at radius 1 is 1.32 bits per heavy atom. The quantitative estimate of drug-likeness (QED) is 0.872. The topological polar surface area (TPSA) is 48.2 Å². The largest absolute Gasteiger partial charge is 0.598 e. The monoisotopic (exact) mass is 279 g/mol. The Morgan fingerprint density at radius 2 is 2.05 bits per heavy atom. The normalized spacial score (nSPS) is 15.6. The van der Waals surface area contributed by atoms with Crippen LogP contribution in [0.4, 0.5) is 0 Å². The molecule has 0 bridgehead atoms. The molecular weight excluding hydrogens is 258 g/mol. The van der Waals surface area contributed by atoms with Crippen LogP contribution in [0.25, 0.3) is 11.0 Å². The lowest BCUT2D eigenvalue weighted by Crippen LogP contribution is -2.44. The molecule has 2 aromatic rings. The van der Waals surface area contributed by atoms with Gasteiger partial charge in [0.1, 0.15) is 10.3 Å². The Morgan fingerprint density at radius 3 is 2.74 bits per heavy atom. The number of hydrogen-bond acceptors (Lipinski definition) is 3. The van der Waals surface area contributed by atoms with Gasteiger partial charge in [-0.05, 0) is 51.8 Å². The molecule has 1 aromatic carbocycles. The van der Waals surface area contributed by atoms with E-state index in [-0.39, 0.29) is 10.8 Å². The Kier molecular flexibility index (Phi) is 4.23. The fourth-order valence-electron chi connectivity index (χ4n) is 1.88. The first-order chi connectivity index (χ1) is 8.86. The maximum atomic E-state index is 12.0. The molecule has 3 nitrogen and oxygen atoms in total. The molecule has 1 heterocycles. The molecule has 19 heavy (non-hydrogen) atoms. The van der Waals surface area contributed by atoms with Crippen molar-refractivity contribution < 1.29 is 8.97 Å². The zero-order valence-electron chi connectivity index (χ0n) is 11.9. The second-order valence-corrected chi connectivity index (χ2v) is 7.89. The lowest BCUT2D eigenvalue weighted by Gasteiger charge is -2.26. The van der Waals surface area contributed by atoms with Gasteiger partial charge >= 0.3 is 0 Å². The molecule has 104 valence electrons. The number of benzene rings is 1. The molecule has 0 fully saturated rings. The van der Waals surface area contributed by atoms with Gasteiger partial charge in [-0.3, -0.25) is 0 Å². The van der Waals surface area contributed by atoms with Gasteiger partial charge in [-0.15, -0.1) is 4.72 Å². The first-order valence-corrected chi connectivity index (χ1v) is 7.65. The third kappa shape index (κ3) is 3.75. The summed E-state index contributed by atoms with van der Waals surface area (Å²) in [5, 5.41) is 1.11. The van der Waals surface area contributed by atoms with Crippen LogP contribution in [-0.4, -0.2) is 15.3 Å². The summed E-state index contributed by atoms with van der Waals surface area (Å²) < 4.78 is 20.3. The van der Waals surface area contributed by atoms with Gasteiger partial charge in [0.05, 0.1) is 12.3 Å². The van der Waals surface area contributed by atoms with Crippen LogP contribution in [0.15, 0.2) is 34.9 Å². The van der Waals surface area contributed by atoms with E-state index in [1.54, 1.807) is 6.26 Å². The van der Waals surface area contributed by atoms with E-state index in [0.29, 0.717) is 0 Å². The fourth-order valence-corrected chi connectivity index (χ4v) is 2.68. The minimum absolute atomic E-state index is 0.160. The summed E-state index contributed by atoms with van der Waals surface area (Å²) in [7, 11) is 0. The molecule has 0 spiro atoms. The lowest BCUT2D eigenvalue weighted by atomic mass is 10.1. The SMILES string of the molecule is C[C@@H](Cc1ccc2ccoc2c1)N[S@@+]([O-])C(C)(C)C. The summed E-state index contributed by atoms with van der Waals surface area (Å²) in [6, 6.07) is 8.31. The van der Waals surface area contributed by atoms with Gasteiger partial charge in [0.25, 0.3) is 0 Å². The highest BCUT2D eigenvalue weighted by atomic mass is 32.2. The van der Waals surface area contributed by atoms with Crippen molar-refractivity contribution in [1.82, 2.24) is 4.72 Å². The first kappa shape index (κ1) is 14.4. The third-order valence-corrected chi connectivity index (χ3v) is 4.66. The Labute approximate surface area is 117 Å². The number of furan rings is 1. The molecule has 1 aromatic heterocycles. The van der Waals surface area contributed by atoms with Gasteiger partial charge in [-0.25, -0.2) is 0 Å². The molecule has 2 rings (SSSR count). The summed E-state index contributed by atoms with van der Waals surface area (Å²) in [6.07, 6.45) is 2.53. The zero-order valence-corrected chi connectivity index (χ0v) is 12.7. The van der Waals surface area contributed by atoms with Crippen LogP contribution < -0.4 is 4.72 Å². The van der Waals surface area contributed by atoms with Crippen LogP contribution in [0, 0.1) is 0 Å². The molecule has 0 aliphatic heterocycles. The van der Waals surface area contributed by atoms with Crippen molar-refractivity contribution in [2.24, 2.45) is 0 Å². The first-order valence-electron chi connectivity index (χ1n) is 6.50. The van der Waals surface area contributed by atoms with Gasteiger partial charge in [-0.1, -0.05) is 12.1 Å². The summed E-state index contributed by atoms with van der Waals surface area (Å²) in [5.41, 5.74) is 2.09. The number of fused-ring (bicyclic) bond motifs is 1. The molecule has 0 aliphatic carbocycles. The fraction of sp³-hybridized carbons (Fsp3) is 0.467. The molecule has 0 amide bonds. The molecular formula is C15H21NO2S. The average Bonchev–Trinajstić information content (AvgIpc) is 2.74. The van der Waals surface area contributed by atoms with E-state index in [2.05, 4.69) is 23.8 Å². The van der Waals surface area contributed by atoms with Crippen LogP contribution in [-0.2, 0) is 17.8 Å². The smallest absolute Gasteiger partial charge is 0.136 e. The van der Waals surface area contributed by atoms with Crippen LogP contribution in [0.5, 0.6) is 0 Å². The van der Waals surface area contributed by atoms with Crippen LogP contribution in [0.2, 0.25) is 0 Å². The van der Waals surface area contributed by atoms with Crippen molar-refractivity contribution in [3.8, 4) is 0 Å². The van der Waals surface area contributed by atoms with Crippen molar-refractivity contribution in [1.29, 1.82) is 0 Å². The van der Waals surface area contributed by atoms with E-state index in [9.17, 15) is 4.55 Å². The molecule has 0 unspecified atom stereocenters. The summed E-state index contributed by atoms with van der Waals surface area (Å²) >= 11 is -1.03. The van der Waals surface area contributed by atoms with Gasteiger partial charge in [0, 0.05) is 16.7 Å². The molecule has 0 saturated heterocycles. The third-order valence-electron chi connectivity index (χ3n) is 2.93. The molecule has 0 aliphatic rings. The molecule has 1 N–H and O–H groups in total. The van der Waals surface area contributed by atoms with E-state index >= 15 is 0 Å². The van der Waals surface area contributed by atoms with Crippen molar-refractivity contribution in [2.75, 3.05) is 0 Å². The number of hydrogen-bond donors (Lipinski definition) is 1. The Bertz CT molecular complexity index is 544. The summed E-state index contributed by atoms with van der Waals surface area (Å²) in [6.45, 7) is 7.96. The Hall–Kier alpha value is -0.970. The maximum absolute atomic E-state index is 12.0. The maximum Gasteiger partial charge on any atom is 0.136 e. The number of nitrogens with one attached hydrogen (secondary N) is 1. The van der Waals surface area contributed by atoms with E-state index in [1.807, 2.05) is 32.9 Å². The lowest BCUT2D eigenvalue weighted by molar-refractivity contribution is 0.526. The minimum atomic E-state index is -1.03. The van der Waals surface area contributed by atoms with Gasteiger partial charge in [0.2, 0.25) is 0 Å². The predicted molar refractivity (Wildman–Crippen MR) is 80.4 cm³/mol.